The standard InChI is InChI=1S/C13H8Cl4N2S/c14-8-6-9(15)11(17)12(10(8)16)18-19-13(20)7-4-2-1-3-5-7/h1-6,18H,(H,19,20). The molecule has 0 fully saturated rings. The molecule has 0 aromatic heterocycles. The van der Waals surface area contributed by atoms with Gasteiger partial charge in [0.2, 0.25) is 0 Å². The molecule has 2 aromatic carbocycles. The SMILES string of the molecule is S=C(NNc1c(Cl)c(Cl)cc(Cl)c1Cl)c1ccccc1. The third kappa shape index (κ3) is 3.48. The van der Waals surface area contributed by atoms with Crippen LogP contribution in [-0.4, -0.2) is 4.99 Å². The molecule has 2 aromatic rings. The maximum absolute atomic E-state index is 6.08. The highest BCUT2D eigenvalue weighted by Gasteiger charge is 2.14. The Morgan fingerprint density at radius 1 is 0.900 bits per heavy atom. The summed E-state index contributed by atoms with van der Waals surface area (Å²) in [6, 6.07) is 10.9. The van der Waals surface area contributed by atoms with Gasteiger partial charge in [-0.1, -0.05) is 89.0 Å². The second-order valence-corrected chi connectivity index (χ2v) is 5.77. The molecule has 104 valence electrons. The molecule has 2 nitrogen and oxygen atoms in total. The molecule has 0 saturated heterocycles. The van der Waals surface area contributed by atoms with Crippen LogP contribution in [0.15, 0.2) is 36.4 Å². The Morgan fingerprint density at radius 2 is 1.45 bits per heavy atom. The van der Waals surface area contributed by atoms with Gasteiger partial charge in [0.1, 0.15) is 4.99 Å². The fourth-order valence-corrected chi connectivity index (χ4v) is 2.55. The Balaban J connectivity index is 2.18. The summed E-state index contributed by atoms with van der Waals surface area (Å²) >= 11 is 29.3. The van der Waals surface area contributed by atoms with Crippen molar-refractivity contribution in [3.63, 3.8) is 0 Å². The van der Waals surface area contributed by atoms with Gasteiger partial charge in [-0.3, -0.25) is 10.9 Å². The summed E-state index contributed by atoms with van der Waals surface area (Å²) < 4.78 is 0. The summed E-state index contributed by atoms with van der Waals surface area (Å²) in [4.78, 5) is 0.494. The minimum Gasteiger partial charge on any atom is -0.297 e. The molecule has 20 heavy (non-hydrogen) atoms. The van der Waals surface area contributed by atoms with E-state index in [4.69, 9.17) is 58.6 Å². The Morgan fingerprint density at radius 3 is 2.00 bits per heavy atom. The van der Waals surface area contributed by atoms with Crippen molar-refractivity contribution in [2.75, 3.05) is 5.43 Å². The lowest BCUT2D eigenvalue weighted by molar-refractivity contribution is 1.14. The number of halogens is 4. The van der Waals surface area contributed by atoms with Crippen molar-refractivity contribution in [1.82, 2.24) is 5.43 Å². The van der Waals surface area contributed by atoms with Gasteiger partial charge in [-0.25, -0.2) is 0 Å². The second kappa shape index (κ2) is 6.83. The molecular weight excluding hydrogens is 358 g/mol. The van der Waals surface area contributed by atoms with Crippen molar-refractivity contribution in [2.24, 2.45) is 0 Å². The zero-order chi connectivity index (χ0) is 14.7. The summed E-state index contributed by atoms with van der Waals surface area (Å²) in [6.45, 7) is 0. The average Bonchev–Trinajstić information content (AvgIpc) is 2.46. The molecule has 0 aliphatic rings. The largest absolute Gasteiger partial charge is 0.297 e. The number of thiocarbonyl (C=S) groups is 1. The molecule has 0 spiro atoms. The van der Waals surface area contributed by atoms with Crippen molar-refractivity contribution in [1.29, 1.82) is 0 Å². The first-order valence-corrected chi connectivity index (χ1v) is 7.37. The smallest absolute Gasteiger partial charge is 0.125 e. The van der Waals surface area contributed by atoms with E-state index < -0.39 is 0 Å². The van der Waals surface area contributed by atoms with Gasteiger partial charge in [-0.15, -0.1) is 0 Å². The summed E-state index contributed by atoms with van der Waals surface area (Å²) in [5.41, 5.74) is 6.92. The second-order valence-electron chi connectivity index (χ2n) is 3.79. The van der Waals surface area contributed by atoms with E-state index in [9.17, 15) is 0 Å². The number of hydrazine groups is 1. The van der Waals surface area contributed by atoms with Gasteiger partial charge >= 0.3 is 0 Å². The fourth-order valence-electron chi connectivity index (χ4n) is 1.46. The van der Waals surface area contributed by atoms with Crippen molar-refractivity contribution in [3.8, 4) is 0 Å². The molecule has 0 amide bonds. The Hall–Kier alpha value is -0.710. The molecule has 0 bridgehead atoms. The number of hydrogen-bond donors (Lipinski definition) is 2. The predicted octanol–water partition coefficient (Wildman–Crippen LogP) is 5.59. The zero-order valence-electron chi connectivity index (χ0n) is 9.88. The van der Waals surface area contributed by atoms with Crippen LogP contribution in [0.1, 0.15) is 5.56 Å². The van der Waals surface area contributed by atoms with E-state index in [0.29, 0.717) is 20.7 Å². The van der Waals surface area contributed by atoms with Crippen LogP contribution in [0.5, 0.6) is 0 Å². The highest BCUT2D eigenvalue weighted by molar-refractivity contribution is 7.80. The summed E-state index contributed by atoms with van der Waals surface area (Å²) in [5.74, 6) is 0. The lowest BCUT2D eigenvalue weighted by Crippen LogP contribution is -2.28. The number of rotatable bonds is 3. The van der Waals surface area contributed by atoms with Crippen molar-refractivity contribution >= 4 is 69.3 Å². The highest BCUT2D eigenvalue weighted by atomic mass is 35.5. The van der Waals surface area contributed by atoms with Gasteiger partial charge < -0.3 is 0 Å². The number of benzene rings is 2. The van der Waals surface area contributed by atoms with E-state index in [0.717, 1.165) is 5.56 Å². The predicted molar refractivity (Wildman–Crippen MR) is 91.4 cm³/mol. The topological polar surface area (TPSA) is 24.1 Å². The highest BCUT2D eigenvalue weighted by Crippen LogP contribution is 2.40. The Bertz CT molecular complexity index is 620. The normalized spacial score (nSPS) is 10.2. The van der Waals surface area contributed by atoms with E-state index in [1.165, 1.54) is 6.07 Å². The van der Waals surface area contributed by atoms with Crippen LogP contribution in [0.25, 0.3) is 0 Å². The minimum absolute atomic E-state index is 0.268. The first-order valence-electron chi connectivity index (χ1n) is 5.45. The third-order valence-electron chi connectivity index (χ3n) is 2.45. The van der Waals surface area contributed by atoms with E-state index in [2.05, 4.69) is 10.9 Å². The molecular formula is C13H8Cl4N2S. The fraction of sp³-hybridized carbons (Fsp3) is 0. The molecule has 2 rings (SSSR count). The summed E-state index contributed by atoms with van der Waals surface area (Å²) in [6.07, 6.45) is 0. The van der Waals surface area contributed by atoms with E-state index in [1.807, 2.05) is 30.3 Å². The van der Waals surface area contributed by atoms with Gasteiger partial charge in [0.05, 0.1) is 25.8 Å². The van der Waals surface area contributed by atoms with E-state index >= 15 is 0 Å². The van der Waals surface area contributed by atoms with E-state index in [1.54, 1.807) is 0 Å². The van der Waals surface area contributed by atoms with Gasteiger partial charge in [-0.2, -0.15) is 0 Å². The van der Waals surface area contributed by atoms with Crippen LogP contribution >= 0.6 is 58.6 Å². The van der Waals surface area contributed by atoms with Gasteiger partial charge in [-0.05, 0) is 6.07 Å². The molecule has 0 saturated carbocycles. The lowest BCUT2D eigenvalue weighted by atomic mass is 10.2. The molecule has 0 aliphatic heterocycles. The van der Waals surface area contributed by atoms with E-state index in [-0.39, 0.29) is 10.0 Å². The van der Waals surface area contributed by atoms with Crippen LogP contribution in [0, 0.1) is 0 Å². The first-order chi connectivity index (χ1) is 9.50. The van der Waals surface area contributed by atoms with Crippen LogP contribution in [-0.2, 0) is 0 Å². The molecule has 0 unspecified atom stereocenters. The Labute approximate surface area is 141 Å². The van der Waals surface area contributed by atoms with Gasteiger partial charge in [0, 0.05) is 5.56 Å². The van der Waals surface area contributed by atoms with Crippen LogP contribution in [0.3, 0.4) is 0 Å². The average molecular weight is 366 g/mol. The maximum Gasteiger partial charge on any atom is 0.125 e. The van der Waals surface area contributed by atoms with Gasteiger partial charge in [0.25, 0.3) is 0 Å². The first kappa shape index (κ1) is 15.7. The monoisotopic (exact) mass is 364 g/mol. The summed E-state index contributed by atoms with van der Waals surface area (Å²) in [5, 5.41) is 1.14. The molecule has 7 heteroatoms. The molecule has 0 atom stereocenters. The minimum atomic E-state index is 0.268. The number of hydrogen-bond acceptors (Lipinski definition) is 2. The van der Waals surface area contributed by atoms with Crippen molar-refractivity contribution in [3.05, 3.63) is 62.1 Å². The lowest BCUT2D eigenvalue weighted by Gasteiger charge is -2.15. The molecule has 0 aliphatic carbocycles. The third-order valence-corrected chi connectivity index (χ3v) is 4.36. The Kier molecular flexibility index (Phi) is 5.35. The molecule has 2 N–H and O–H groups in total. The maximum atomic E-state index is 6.08. The number of anilines is 1. The van der Waals surface area contributed by atoms with Crippen LogP contribution in [0.4, 0.5) is 5.69 Å². The van der Waals surface area contributed by atoms with Gasteiger partial charge in [0.15, 0.2) is 0 Å². The molecule has 0 heterocycles. The molecule has 0 radical (unpaired) electrons. The van der Waals surface area contributed by atoms with Crippen molar-refractivity contribution in [2.45, 2.75) is 0 Å². The van der Waals surface area contributed by atoms with Crippen LogP contribution < -0.4 is 10.9 Å². The van der Waals surface area contributed by atoms with Crippen molar-refractivity contribution < 1.29 is 0 Å². The van der Waals surface area contributed by atoms with Crippen LogP contribution in [0.2, 0.25) is 20.1 Å². The zero-order valence-corrected chi connectivity index (χ0v) is 13.7. The summed E-state index contributed by atoms with van der Waals surface area (Å²) in [7, 11) is 0. The number of nitrogens with one attached hydrogen (secondary N) is 2. The quantitative estimate of drug-likeness (QED) is 0.421.